The minimum absolute atomic E-state index is 0.0264. The van der Waals surface area contributed by atoms with E-state index in [1.807, 2.05) is 20.8 Å². The van der Waals surface area contributed by atoms with Crippen molar-refractivity contribution < 1.29 is 14.1 Å². The summed E-state index contributed by atoms with van der Waals surface area (Å²) in [7, 11) is 0. The highest BCUT2D eigenvalue weighted by molar-refractivity contribution is 5.81. The van der Waals surface area contributed by atoms with E-state index < -0.39 is 16.5 Å². The molecule has 4 aromatic heterocycles. The van der Waals surface area contributed by atoms with E-state index in [4.69, 9.17) is 14.1 Å². The maximum atomic E-state index is 12.3. The lowest BCUT2D eigenvalue weighted by atomic mass is 9.84. The number of H-pyrrole nitrogens is 1. The fourth-order valence-electron chi connectivity index (χ4n) is 4.80. The molecule has 1 aromatic carbocycles. The Labute approximate surface area is 202 Å². The van der Waals surface area contributed by atoms with Gasteiger partial charge in [0.2, 0.25) is 17.5 Å². The number of nitro groups is 1. The summed E-state index contributed by atoms with van der Waals surface area (Å²) in [5, 5.41) is 23.9. The predicted molar refractivity (Wildman–Crippen MR) is 127 cm³/mol. The molecule has 1 aliphatic heterocycles. The summed E-state index contributed by atoms with van der Waals surface area (Å²) >= 11 is 0. The molecule has 1 atom stereocenters. The number of aromatic amines is 1. The van der Waals surface area contributed by atoms with Crippen LogP contribution in [-0.4, -0.2) is 34.9 Å². The minimum atomic E-state index is -0.503. The SMILES string of the molecule is Cc1nc2c(c(-n3nc(C)c4c(C)cc(=O)oc43)n1)C(c1ccc([N+](=O)[O-])cc1)c1c(n[nH]c1C)O2. The van der Waals surface area contributed by atoms with Gasteiger partial charge in [-0.3, -0.25) is 15.2 Å². The molecule has 0 saturated carbocycles. The second kappa shape index (κ2) is 7.57. The molecule has 180 valence electrons. The number of aromatic nitrogens is 6. The molecule has 0 saturated heterocycles. The van der Waals surface area contributed by atoms with Crippen molar-refractivity contribution in [1.29, 1.82) is 0 Å². The summed E-state index contributed by atoms with van der Waals surface area (Å²) < 4.78 is 13.2. The Morgan fingerprint density at radius 3 is 2.53 bits per heavy atom. The molecule has 0 fully saturated rings. The first-order chi connectivity index (χ1) is 17.2. The molecule has 0 amide bonds. The number of ether oxygens (including phenoxy) is 1. The molecule has 5 aromatic rings. The van der Waals surface area contributed by atoms with Crippen LogP contribution in [0.5, 0.6) is 11.8 Å². The summed E-state index contributed by atoms with van der Waals surface area (Å²) in [5.41, 5.74) is 3.95. The van der Waals surface area contributed by atoms with Gasteiger partial charge in [-0.2, -0.15) is 14.8 Å². The Kier molecular flexibility index (Phi) is 4.55. The lowest BCUT2D eigenvalue weighted by Gasteiger charge is -2.27. The second-order valence-electron chi connectivity index (χ2n) is 8.69. The molecule has 0 aliphatic carbocycles. The van der Waals surface area contributed by atoms with Crippen LogP contribution >= 0.6 is 0 Å². The summed E-state index contributed by atoms with van der Waals surface area (Å²) in [6.45, 7) is 7.24. The zero-order chi connectivity index (χ0) is 25.3. The second-order valence-corrected chi connectivity index (χ2v) is 8.69. The van der Waals surface area contributed by atoms with Crippen molar-refractivity contribution in [1.82, 2.24) is 29.9 Å². The first-order valence-electron chi connectivity index (χ1n) is 11.1. The third-order valence-corrected chi connectivity index (χ3v) is 6.31. The van der Waals surface area contributed by atoms with Gasteiger partial charge in [0, 0.05) is 29.5 Å². The number of hydrogen-bond acceptors (Lipinski definition) is 9. The summed E-state index contributed by atoms with van der Waals surface area (Å²) in [5.74, 6) is 0.930. The van der Waals surface area contributed by atoms with Gasteiger partial charge in [-0.25, -0.2) is 9.78 Å². The molecule has 1 unspecified atom stereocenters. The maximum Gasteiger partial charge on any atom is 0.337 e. The smallest absolute Gasteiger partial charge is 0.337 e. The van der Waals surface area contributed by atoms with Crippen LogP contribution in [0.2, 0.25) is 0 Å². The van der Waals surface area contributed by atoms with Crippen LogP contribution in [0, 0.1) is 37.8 Å². The molecule has 0 bridgehead atoms. The van der Waals surface area contributed by atoms with Crippen molar-refractivity contribution in [2.75, 3.05) is 0 Å². The number of nitrogens with zero attached hydrogens (tertiary/aromatic N) is 6. The van der Waals surface area contributed by atoms with Crippen molar-refractivity contribution in [2.24, 2.45) is 0 Å². The number of non-ortho nitro benzene ring substituents is 1. The van der Waals surface area contributed by atoms with Gasteiger partial charge < -0.3 is 9.15 Å². The van der Waals surface area contributed by atoms with E-state index in [1.54, 1.807) is 19.1 Å². The highest BCUT2D eigenvalue weighted by Gasteiger charge is 2.38. The van der Waals surface area contributed by atoms with E-state index in [9.17, 15) is 14.9 Å². The van der Waals surface area contributed by atoms with Gasteiger partial charge in [0.25, 0.3) is 5.69 Å². The highest BCUT2D eigenvalue weighted by Crippen LogP contribution is 2.49. The molecule has 6 rings (SSSR count). The van der Waals surface area contributed by atoms with Gasteiger partial charge >= 0.3 is 5.63 Å². The van der Waals surface area contributed by atoms with E-state index in [0.29, 0.717) is 34.2 Å². The quantitative estimate of drug-likeness (QED) is 0.290. The largest absolute Gasteiger partial charge is 0.418 e. The number of benzene rings is 1. The molecule has 1 N–H and O–H groups in total. The molecule has 36 heavy (non-hydrogen) atoms. The molecule has 12 nitrogen and oxygen atoms in total. The Balaban J connectivity index is 1.68. The molecule has 1 aliphatic rings. The third-order valence-electron chi connectivity index (χ3n) is 6.31. The molecule has 12 heteroatoms. The van der Waals surface area contributed by atoms with Crippen LogP contribution < -0.4 is 10.4 Å². The zero-order valence-electron chi connectivity index (χ0n) is 19.7. The lowest BCUT2D eigenvalue weighted by molar-refractivity contribution is -0.384. The number of nitro benzene ring substituents is 1. The Morgan fingerprint density at radius 1 is 1.06 bits per heavy atom. The fraction of sp³-hybridized carbons (Fsp3) is 0.208. The van der Waals surface area contributed by atoms with E-state index >= 15 is 0 Å². The highest BCUT2D eigenvalue weighted by atomic mass is 16.6. The maximum absolute atomic E-state index is 12.3. The van der Waals surface area contributed by atoms with Crippen LogP contribution in [-0.2, 0) is 0 Å². The molecular formula is C24H19N7O5. The number of fused-ring (bicyclic) bond motifs is 3. The van der Waals surface area contributed by atoms with Crippen molar-refractivity contribution in [2.45, 2.75) is 33.6 Å². The average Bonchev–Trinajstić information content (AvgIpc) is 3.36. The first-order valence-corrected chi connectivity index (χ1v) is 11.1. The third kappa shape index (κ3) is 3.11. The number of nitrogens with one attached hydrogen (secondary N) is 1. The van der Waals surface area contributed by atoms with E-state index in [-0.39, 0.29) is 17.3 Å². The molecule has 0 radical (unpaired) electrons. The number of aryl methyl sites for hydroxylation is 4. The average molecular weight is 485 g/mol. The minimum Gasteiger partial charge on any atom is -0.418 e. The van der Waals surface area contributed by atoms with Gasteiger partial charge in [0.05, 0.1) is 27.5 Å². The van der Waals surface area contributed by atoms with Crippen LogP contribution in [0.3, 0.4) is 0 Å². The van der Waals surface area contributed by atoms with Gasteiger partial charge in [-0.1, -0.05) is 12.1 Å². The van der Waals surface area contributed by atoms with Gasteiger partial charge in [-0.15, -0.1) is 5.10 Å². The zero-order valence-corrected chi connectivity index (χ0v) is 19.7. The van der Waals surface area contributed by atoms with E-state index in [0.717, 1.165) is 22.4 Å². The van der Waals surface area contributed by atoms with Crippen LogP contribution in [0.4, 0.5) is 5.69 Å². The van der Waals surface area contributed by atoms with Gasteiger partial charge in [0.15, 0.2) is 5.82 Å². The van der Waals surface area contributed by atoms with Crippen molar-refractivity contribution in [3.8, 4) is 17.6 Å². The van der Waals surface area contributed by atoms with Gasteiger partial charge in [-0.05, 0) is 38.8 Å². The van der Waals surface area contributed by atoms with Gasteiger partial charge in [0.1, 0.15) is 5.82 Å². The Bertz CT molecular complexity index is 1760. The summed E-state index contributed by atoms with van der Waals surface area (Å²) in [4.78, 5) is 32.3. The van der Waals surface area contributed by atoms with Crippen LogP contribution in [0.25, 0.3) is 16.9 Å². The first kappa shape index (κ1) is 21.6. The van der Waals surface area contributed by atoms with E-state index in [2.05, 4.69) is 20.3 Å². The standard InChI is InChI=1S/C24H19N7O5/c1-10-9-16(32)35-24-17(10)12(3)29-30(24)21-20-19(14-5-7-15(8-6-14)31(33)34)18-11(2)27-28-23(18)36-22(20)26-13(4)25-21/h5-9,19H,1-4H3,(H,27,28). The van der Waals surface area contributed by atoms with Crippen molar-refractivity contribution in [3.63, 3.8) is 0 Å². The number of rotatable bonds is 3. The predicted octanol–water partition coefficient (Wildman–Crippen LogP) is 3.92. The molecule has 5 heterocycles. The molecular weight excluding hydrogens is 466 g/mol. The normalized spacial score (nSPS) is 14.4. The van der Waals surface area contributed by atoms with E-state index in [1.165, 1.54) is 22.9 Å². The van der Waals surface area contributed by atoms with Crippen molar-refractivity contribution >= 4 is 16.8 Å². The molecule has 0 spiro atoms. The summed E-state index contributed by atoms with van der Waals surface area (Å²) in [6, 6.07) is 7.70. The van der Waals surface area contributed by atoms with Crippen molar-refractivity contribution in [3.05, 3.63) is 90.3 Å². The Hall–Kier alpha value is -4.87. The Morgan fingerprint density at radius 2 is 1.81 bits per heavy atom. The lowest BCUT2D eigenvalue weighted by Crippen LogP contribution is -2.19. The van der Waals surface area contributed by atoms with Crippen LogP contribution in [0.15, 0.2) is 39.5 Å². The fourth-order valence-corrected chi connectivity index (χ4v) is 4.80. The number of hydrogen-bond donors (Lipinski definition) is 1. The summed E-state index contributed by atoms with van der Waals surface area (Å²) in [6.07, 6.45) is 0. The van der Waals surface area contributed by atoms with Crippen LogP contribution in [0.1, 0.15) is 45.4 Å². The monoisotopic (exact) mass is 485 g/mol. The topological polar surface area (TPSA) is 155 Å².